The fraction of sp³-hybridized carbons (Fsp3) is 0.600. The lowest BCUT2D eigenvalue weighted by Crippen LogP contribution is -2.41. The van der Waals surface area contributed by atoms with E-state index in [1.807, 2.05) is 20.8 Å². The van der Waals surface area contributed by atoms with Gasteiger partial charge in [-0.25, -0.2) is 26.7 Å². The Kier molecular flexibility index (Phi) is 7.64. The van der Waals surface area contributed by atoms with E-state index in [1.165, 1.54) is 16.7 Å². The van der Waals surface area contributed by atoms with Gasteiger partial charge in [0.1, 0.15) is 4.90 Å². The van der Waals surface area contributed by atoms with Crippen LogP contribution in [0.2, 0.25) is 0 Å². The highest BCUT2D eigenvalue weighted by atomic mass is 32.2. The Labute approximate surface area is 209 Å². The van der Waals surface area contributed by atoms with E-state index in [0.29, 0.717) is 23.4 Å². The molecule has 1 saturated carbocycles. The Bertz CT molecular complexity index is 1300. The number of halogens is 1. The standard InChI is InChI=1S/C25H38FN3O4S2/c1-24(2,3)19-14-18(12-13-21(19)35(32,33)28-25(4,5)6)20-15-22(34(27,30)31)23(26)29(20)16-17-10-8-7-9-11-17/h12-15,17,28H,7-11,16H2,1-6H3,(H2,27,30,31). The summed E-state index contributed by atoms with van der Waals surface area (Å²) < 4.78 is 70.2. The lowest BCUT2D eigenvalue weighted by Gasteiger charge is -2.27. The Morgan fingerprint density at radius 2 is 1.57 bits per heavy atom. The summed E-state index contributed by atoms with van der Waals surface area (Å²) in [6.45, 7) is 11.4. The predicted molar refractivity (Wildman–Crippen MR) is 137 cm³/mol. The number of benzene rings is 1. The maximum Gasteiger partial charge on any atom is 0.242 e. The summed E-state index contributed by atoms with van der Waals surface area (Å²) in [7, 11) is -8.11. The largest absolute Gasteiger partial charge is 0.316 e. The highest BCUT2D eigenvalue weighted by Crippen LogP contribution is 2.36. The molecule has 1 aromatic heterocycles. The number of aromatic nitrogens is 1. The second kappa shape index (κ2) is 9.61. The fourth-order valence-electron chi connectivity index (χ4n) is 4.71. The van der Waals surface area contributed by atoms with Gasteiger partial charge in [0.05, 0.1) is 10.6 Å². The maximum atomic E-state index is 15.4. The van der Waals surface area contributed by atoms with Crippen LogP contribution in [0.4, 0.5) is 4.39 Å². The van der Waals surface area contributed by atoms with E-state index >= 15 is 4.39 Å². The van der Waals surface area contributed by atoms with Crippen molar-refractivity contribution >= 4 is 20.0 Å². The SMILES string of the molecule is CC(C)(C)NS(=O)(=O)c1ccc(-c2cc(S(N)(=O)=O)c(F)n2CC2CCCCC2)cc1C(C)(C)C. The van der Waals surface area contributed by atoms with Crippen LogP contribution in [-0.2, 0) is 32.0 Å². The van der Waals surface area contributed by atoms with Gasteiger partial charge in [-0.05, 0) is 74.3 Å². The van der Waals surface area contributed by atoms with Crippen LogP contribution in [0.3, 0.4) is 0 Å². The molecule has 0 atom stereocenters. The topological polar surface area (TPSA) is 111 Å². The van der Waals surface area contributed by atoms with Crippen LogP contribution in [0.25, 0.3) is 11.3 Å². The third-order valence-corrected chi connectivity index (χ3v) is 9.00. The van der Waals surface area contributed by atoms with E-state index in [-0.39, 0.29) is 10.8 Å². The molecular formula is C25H38FN3O4S2. The van der Waals surface area contributed by atoms with E-state index in [2.05, 4.69) is 4.72 Å². The summed E-state index contributed by atoms with van der Waals surface area (Å²) in [5.74, 6) is -0.646. The van der Waals surface area contributed by atoms with Crippen molar-refractivity contribution in [2.75, 3.05) is 0 Å². The Morgan fingerprint density at radius 3 is 2.09 bits per heavy atom. The normalized spacial score (nSPS) is 16.6. The molecule has 2 aromatic rings. The van der Waals surface area contributed by atoms with Crippen molar-refractivity contribution in [2.45, 2.75) is 101 Å². The molecule has 0 radical (unpaired) electrons. The Balaban J connectivity index is 2.20. The second-order valence-corrected chi connectivity index (χ2v) is 14.8. The lowest BCUT2D eigenvalue weighted by atomic mass is 9.85. The summed E-state index contributed by atoms with van der Waals surface area (Å²) in [4.78, 5) is -0.409. The van der Waals surface area contributed by atoms with Crippen LogP contribution in [0.15, 0.2) is 34.1 Å². The second-order valence-electron chi connectivity index (χ2n) is 11.7. The smallest absolute Gasteiger partial charge is 0.242 e. The van der Waals surface area contributed by atoms with Gasteiger partial charge in [-0.1, -0.05) is 46.1 Å². The summed E-state index contributed by atoms with van der Waals surface area (Å²) in [5.41, 5.74) is 0.230. The molecule has 1 heterocycles. The molecule has 7 nitrogen and oxygen atoms in total. The first-order valence-corrected chi connectivity index (χ1v) is 15.0. The number of nitrogens with one attached hydrogen (secondary N) is 1. The molecule has 0 saturated heterocycles. The highest BCUT2D eigenvalue weighted by molar-refractivity contribution is 7.89. The van der Waals surface area contributed by atoms with E-state index in [0.717, 1.165) is 32.1 Å². The fourth-order valence-corrected chi connectivity index (χ4v) is 7.15. The average Bonchev–Trinajstić information content (AvgIpc) is 3.02. The monoisotopic (exact) mass is 527 g/mol. The van der Waals surface area contributed by atoms with Gasteiger partial charge in [0, 0.05) is 12.1 Å². The van der Waals surface area contributed by atoms with Gasteiger partial charge in [0.2, 0.25) is 26.0 Å². The van der Waals surface area contributed by atoms with Crippen molar-refractivity contribution in [3.63, 3.8) is 0 Å². The molecule has 35 heavy (non-hydrogen) atoms. The first-order valence-electron chi connectivity index (χ1n) is 12.0. The number of hydrogen-bond donors (Lipinski definition) is 2. The van der Waals surface area contributed by atoms with E-state index < -0.39 is 41.8 Å². The average molecular weight is 528 g/mol. The molecule has 0 aliphatic heterocycles. The quantitative estimate of drug-likeness (QED) is 0.557. The zero-order valence-electron chi connectivity index (χ0n) is 21.5. The molecule has 0 unspecified atom stereocenters. The molecule has 1 aliphatic carbocycles. The Morgan fingerprint density at radius 1 is 0.971 bits per heavy atom. The third-order valence-electron chi connectivity index (χ3n) is 6.28. The molecule has 10 heteroatoms. The first kappa shape index (κ1) is 27.8. The van der Waals surface area contributed by atoms with Gasteiger partial charge in [0.25, 0.3) is 0 Å². The number of nitrogens with two attached hydrogens (primary N) is 1. The first-order chi connectivity index (χ1) is 15.9. The third kappa shape index (κ3) is 6.53. The van der Waals surface area contributed by atoms with Crippen LogP contribution in [0.5, 0.6) is 0 Å². The Hall–Kier alpha value is -1.75. The molecular weight excluding hydrogens is 489 g/mol. The number of nitrogens with zero attached hydrogens (tertiary/aromatic N) is 1. The van der Waals surface area contributed by atoms with Gasteiger partial charge in [0.15, 0.2) is 0 Å². The molecule has 3 N–H and O–H groups in total. The summed E-state index contributed by atoms with van der Waals surface area (Å²) >= 11 is 0. The molecule has 1 aromatic carbocycles. The maximum absolute atomic E-state index is 15.4. The van der Waals surface area contributed by atoms with E-state index in [4.69, 9.17) is 5.14 Å². The van der Waals surface area contributed by atoms with Crippen LogP contribution in [-0.4, -0.2) is 26.9 Å². The number of sulfonamides is 2. The molecule has 0 amide bonds. The predicted octanol–water partition coefficient (Wildman–Crippen LogP) is 4.90. The summed E-state index contributed by atoms with van der Waals surface area (Å²) in [6.07, 6.45) is 5.17. The van der Waals surface area contributed by atoms with E-state index in [9.17, 15) is 16.8 Å². The minimum absolute atomic E-state index is 0.140. The zero-order chi connectivity index (χ0) is 26.4. The molecule has 1 fully saturated rings. The van der Waals surface area contributed by atoms with Crippen molar-refractivity contribution < 1.29 is 21.2 Å². The van der Waals surface area contributed by atoms with E-state index in [1.54, 1.807) is 32.9 Å². The number of rotatable bonds is 6. The molecule has 0 bridgehead atoms. The zero-order valence-corrected chi connectivity index (χ0v) is 23.1. The van der Waals surface area contributed by atoms with Crippen molar-refractivity contribution in [2.24, 2.45) is 11.1 Å². The van der Waals surface area contributed by atoms with Crippen LogP contribution in [0, 0.1) is 11.9 Å². The highest BCUT2D eigenvalue weighted by Gasteiger charge is 2.31. The molecule has 196 valence electrons. The molecule has 1 aliphatic rings. The van der Waals surface area contributed by atoms with Gasteiger partial charge < -0.3 is 4.57 Å². The summed E-state index contributed by atoms with van der Waals surface area (Å²) in [5, 5.41) is 5.32. The molecule has 0 spiro atoms. The van der Waals surface area contributed by atoms with Gasteiger partial charge in [-0.15, -0.1) is 0 Å². The van der Waals surface area contributed by atoms with Crippen molar-refractivity contribution in [1.29, 1.82) is 0 Å². The number of primary sulfonamides is 1. The van der Waals surface area contributed by atoms with Crippen molar-refractivity contribution in [3.8, 4) is 11.3 Å². The van der Waals surface area contributed by atoms with Crippen LogP contribution in [0.1, 0.15) is 79.2 Å². The van der Waals surface area contributed by atoms with Gasteiger partial charge in [-0.2, -0.15) is 4.39 Å². The minimum Gasteiger partial charge on any atom is -0.316 e. The van der Waals surface area contributed by atoms with Gasteiger partial charge >= 0.3 is 0 Å². The molecule has 3 rings (SSSR count). The number of hydrogen-bond acceptors (Lipinski definition) is 4. The van der Waals surface area contributed by atoms with Crippen molar-refractivity contribution in [3.05, 3.63) is 35.8 Å². The lowest BCUT2D eigenvalue weighted by molar-refractivity contribution is 0.303. The minimum atomic E-state index is -4.28. The van der Waals surface area contributed by atoms with Gasteiger partial charge in [-0.3, -0.25) is 0 Å². The van der Waals surface area contributed by atoms with Crippen LogP contribution < -0.4 is 9.86 Å². The van der Waals surface area contributed by atoms with Crippen LogP contribution >= 0.6 is 0 Å². The summed E-state index contributed by atoms with van der Waals surface area (Å²) in [6, 6.07) is 6.09. The van der Waals surface area contributed by atoms with Crippen molar-refractivity contribution in [1.82, 2.24) is 9.29 Å².